The number of carbonyl (C=O) groups is 1. The van der Waals surface area contributed by atoms with Gasteiger partial charge in [-0.1, -0.05) is 11.6 Å². The molecule has 21 heavy (non-hydrogen) atoms. The Hall–Kier alpha value is -1.40. The molecule has 0 saturated heterocycles. The molecule has 0 saturated carbocycles. The number of nitrogens with zero attached hydrogens (tertiary/aromatic N) is 3. The number of hydrogen-bond acceptors (Lipinski definition) is 3. The Morgan fingerprint density at radius 3 is 2.86 bits per heavy atom. The summed E-state index contributed by atoms with van der Waals surface area (Å²) in [7, 11) is 0. The maximum absolute atomic E-state index is 12.0. The summed E-state index contributed by atoms with van der Waals surface area (Å²) in [4.78, 5) is 16.0. The minimum absolute atomic E-state index is 0.203. The fourth-order valence-corrected chi connectivity index (χ4v) is 2.53. The molecule has 0 aliphatic heterocycles. The van der Waals surface area contributed by atoms with Crippen molar-refractivity contribution < 1.29 is 4.79 Å². The summed E-state index contributed by atoms with van der Waals surface area (Å²) in [5, 5.41) is 7.42. The SMILES string of the molecule is Cc1cc(C)n(CCCNC(=O)c2cc(Br)cnc2Cl)n1. The van der Waals surface area contributed by atoms with Crippen molar-refractivity contribution in [1.82, 2.24) is 20.1 Å². The molecule has 0 bridgehead atoms. The summed E-state index contributed by atoms with van der Waals surface area (Å²) in [5.41, 5.74) is 2.50. The van der Waals surface area contributed by atoms with Crippen molar-refractivity contribution in [3.05, 3.63) is 44.9 Å². The van der Waals surface area contributed by atoms with E-state index in [1.54, 1.807) is 12.3 Å². The molecule has 0 aliphatic carbocycles. The van der Waals surface area contributed by atoms with E-state index in [1.165, 1.54) is 0 Å². The standard InChI is InChI=1S/C14H16BrClN4O/c1-9-6-10(2)20(19-9)5-3-4-17-14(21)12-7-11(15)8-18-13(12)16/h6-8H,3-5H2,1-2H3,(H,17,21). The van der Waals surface area contributed by atoms with Gasteiger partial charge in [0.25, 0.3) is 5.91 Å². The minimum atomic E-state index is -0.220. The molecule has 0 atom stereocenters. The number of aromatic nitrogens is 3. The van der Waals surface area contributed by atoms with E-state index in [4.69, 9.17) is 11.6 Å². The van der Waals surface area contributed by atoms with Crippen molar-refractivity contribution in [3.63, 3.8) is 0 Å². The first-order valence-electron chi connectivity index (χ1n) is 6.57. The molecule has 0 unspecified atom stereocenters. The maximum atomic E-state index is 12.0. The van der Waals surface area contributed by atoms with E-state index in [9.17, 15) is 4.79 Å². The van der Waals surface area contributed by atoms with Crippen molar-refractivity contribution in [2.45, 2.75) is 26.8 Å². The van der Waals surface area contributed by atoms with Gasteiger partial charge in [0.05, 0.1) is 11.3 Å². The number of carbonyl (C=O) groups excluding carboxylic acids is 1. The summed E-state index contributed by atoms with van der Waals surface area (Å²) < 4.78 is 2.66. The van der Waals surface area contributed by atoms with Gasteiger partial charge in [-0.25, -0.2) is 4.98 Å². The highest BCUT2D eigenvalue weighted by molar-refractivity contribution is 9.10. The fraction of sp³-hybridized carbons (Fsp3) is 0.357. The van der Waals surface area contributed by atoms with Gasteiger partial charge in [0.2, 0.25) is 0 Å². The van der Waals surface area contributed by atoms with E-state index >= 15 is 0 Å². The normalized spacial score (nSPS) is 10.7. The monoisotopic (exact) mass is 370 g/mol. The molecule has 2 heterocycles. The average Bonchev–Trinajstić information content (AvgIpc) is 2.75. The molecule has 0 aromatic carbocycles. The van der Waals surface area contributed by atoms with Gasteiger partial charge in [0.15, 0.2) is 0 Å². The van der Waals surface area contributed by atoms with E-state index in [1.807, 2.05) is 24.6 Å². The van der Waals surface area contributed by atoms with Crippen LogP contribution in [-0.4, -0.2) is 27.2 Å². The van der Waals surface area contributed by atoms with Gasteiger partial charge in [-0.05, 0) is 48.3 Å². The van der Waals surface area contributed by atoms with Gasteiger partial charge >= 0.3 is 0 Å². The lowest BCUT2D eigenvalue weighted by Crippen LogP contribution is -2.26. The van der Waals surface area contributed by atoms with Crippen molar-refractivity contribution >= 4 is 33.4 Å². The molecule has 7 heteroatoms. The van der Waals surface area contributed by atoms with Crippen LogP contribution in [0.15, 0.2) is 22.8 Å². The van der Waals surface area contributed by atoms with Crippen LogP contribution in [0.4, 0.5) is 0 Å². The molecule has 1 amide bonds. The summed E-state index contributed by atoms with van der Waals surface area (Å²) in [6, 6.07) is 3.69. The van der Waals surface area contributed by atoms with Crippen LogP contribution >= 0.6 is 27.5 Å². The Labute approximate surface area is 136 Å². The topological polar surface area (TPSA) is 59.8 Å². The Balaban J connectivity index is 1.84. The summed E-state index contributed by atoms with van der Waals surface area (Å²) >= 11 is 9.19. The van der Waals surface area contributed by atoms with E-state index in [2.05, 4.69) is 31.3 Å². The molecule has 5 nitrogen and oxygen atoms in total. The molecular formula is C14H16BrClN4O. The summed E-state index contributed by atoms with van der Waals surface area (Å²) in [5.74, 6) is -0.220. The molecule has 112 valence electrons. The maximum Gasteiger partial charge on any atom is 0.254 e. The molecule has 0 spiro atoms. The highest BCUT2D eigenvalue weighted by Gasteiger charge is 2.11. The zero-order valence-corrected chi connectivity index (χ0v) is 14.2. The zero-order chi connectivity index (χ0) is 15.4. The first-order chi connectivity index (χ1) is 9.97. The van der Waals surface area contributed by atoms with Crippen LogP contribution < -0.4 is 5.32 Å². The Bertz CT molecular complexity index is 656. The molecule has 2 aromatic rings. The number of pyridine rings is 1. The Morgan fingerprint density at radius 2 is 2.19 bits per heavy atom. The fourth-order valence-electron chi connectivity index (χ4n) is 2.01. The third-order valence-corrected chi connectivity index (χ3v) is 3.72. The van der Waals surface area contributed by atoms with Crippen LogP contribution in [0.1, 0.15) is 28.2 Å². The first kappa shape index (κ1) is 16.0. The van der Waals surface area contributed by atoms with Crippen LogP contribution in [0.3, 0.4) is 0 Å². The third kappa shape index (κ3) is 4.28. The lowest BCUT2D eigenvalue weighted by atomic mass is 10.2. The summed E-state index contributed by atoms with van der Waals surface area (Å²) in [6.45, 7) is 5.31. The van der Waals surface area contributed by atoms with Gasteiger partial charge in [-0.15, -0.1) is 0 Å². The molecule has 2 aromatic heterocycles. The van der Waals surface area contributed by atoms with Crippen LogP contribution in [0.25, 0.3) is 0 Å². The molecule has 0 aliphatic rings. The smallest absolute Gasteiger partial charge is 0.254 e. The predicted octanol–water partition coefficient (Wildman–Crippen LogP) is 3.13. The molecule has 0 fully saturated rings. The number of nitrogens with one attached hydrogen (secondary N) is 1. The highest BCUT2D eigenvalue weighted by Crippen LogP contribution is 2.17. The lowest BCUT2D eigenvalue weighted by Gasteiger charge is -2.08. The largest absolute Gasteiger partial charge is 0.352 e. The molecular weight excluding hydrogens is 356 g/mol. The second kappa shape index (κ2) is 7.04. The van der Waals surface area contributed by atoms with Crippen molar-refractivity contribution in [2.75, 3.05) is 6.54 Å². The quantitative estimate of drug-likeness (QED) is 0.649. The lowest BCUT2D eigenvalue weighted by molar-refractivity contribution is 0.0952. The predicted molar refractivity (Wildman–Crippen MR) is 85.6 cm³/mol. The van der Waals surface area contributed by atoms with Crippen LogP contribution in [-0.2, 0) is 6.54 Å². The van der Waals surface area contributed by atoms with E-state index in [0.29, 0.717) is 12.1 Å². The van der Waals surface area contributed by atoms with E-state index in [-0.39, 0.29) is 11.1 Å². The number of halogens is 2. The minimum Gasteiger partial charge on any atom is -0.352 e. The number of rotatable bonds is 5. The number of aryl methyl sites for hydroxylation is 3. The second-order valence-corrected chi connectivity index (χ2v) is 6.03. The molecule has 2 rings (SSSR count). The van der Waals surface area contributed by atoms with Crippen LogP contribution in [0.2, 0.25) is 5.15 Å². The molecule has 0 radical (unpaired) electrons. The number of hydrogen-bond donors (Lipinski definition) is 1. The first-order valence-corrected chi connectivity index (χ1v) is 7.75. The van der Waals surface area contributed by atoms with Crippen molar-refractivity contribution in [1.29, 1.82) is 0 Å². The van der Waals surface area contributed by atoms with Gasteiger partial charge in [0.1, 0.15) is 5.15 Å². The van der Waals surface area contributed by atoms with Crippen LogP contribution in [0.5, 0.6) is 0 Å². The highest BCUT2D eigenvalue weighted by atomic mass is 79.9. The van der Waals surface area contributed by atoms with Gasteiger partial charge < -0.3 is 5.32 Å². The van der Waals surface area contributed by atoms with Crippen LogP contribution in [0, 0.1) is 13.8 Å². The summed E-state index contributed by atoms with van der Waals surface area (Å²) in [6.07, 6.45) is 2.36. The zero-order valence-electron chi connectivity index (χ0n) is 11.9. The van der Waals surface area contributed by atoms with Gasteiger partial charge in [-0.3, -0.25) is 9.48 Å². The average molecular weight is 372 g/mol. The molecule has 1 N–H and O–H groups in total. The third-order valence-electron chi connectivity index (χ3n) is 2.99. The van der Waals surface area contributed by atoms with E-state index < -0.39 is 0 Å². The Morgan fingerprint density at radius 1 is 1.43 bits per heavy atom. The number of amides is 1. The Kier molecular flexibility index (Phi) is 5.36. The second-order valence-electron chi connectivity index (χ2n) is 4.75. The van der Waals surface area contributed by atoms with Crippen molar-refractivity contribution in [3.8, 4) is 0 Å². The van der Waals surface area contributed by atoms with E-state index in [0.717, 1.165) is 28.8 Å². The van der Waals surface area contributed by atoms with Crippen molar-refractivity contribution in [2.24, 2.45) is 0 Å². The van der Waals surface area contributed by atoms with Gasteiger partial charge in [-0.2, -0.15) is 5.10 Å². The van der Waals surface area contributed by atoms with Gasteiger partial charge in [0, 0.05) is 29.5 Å².